The summed E-state index contributed by atoms with van der Waals surface area (Å²) in [6, 6.07) is 4.88. The Bertz CT molecular complexity index is 932. The fraction of sp³-hybridized carbons (Fsp3) is 0.316. The molecular formula is C19H17F3N2O5. The molecule has 1 saturated heterocycles. The summed E-state index contributed by atoms with van der Waals surface area (Å²) < 4.78 is 50.1. The first-order valence-corrected chi connectivity index (χ1v) is 8.71. The van der Waals surface area contributed by atoms with E-state index in [9.17, 15) is 27.6 Å². The average Bonchev–Trinajstić information content (AvgIpc) is 3.32. The molecule has 1 aromatic carbocycles. The van der Waals surface area contributed by atoms with Crippen molar-refractivity contribution in [1.82, 2.24) is 4.90 Å². The van der Waals surface area contributed by atoms with E-state index in [-0.39, 0.29) is 25.4 Å². The van der Waals surface area contributed by atoms with Crippen molar-refractivity contribution in [1.29, 1.82) is 0 Å². The van der Waals surface area contributed by atoms with Gasteiger partial charge in [0.05, 0.1) is 24.4 Å². The minimum atomic E-state index is -1.73. The summed E-state index contributed by atoms with van der Waals surface area (Å²) in [4.78, 5) is 37.9. The van der Waals surface area contributed by atoms with E-state index in [1.54, 1.807) is 12.1 Å². The lowest BCUT2D eigenvalue weighted by Crippen LogP contribution is -2.33. The highest BCUT2D eigenvalue weighted by atomic mass is 19.2. The van der Waals surface area contributed by atoms with E-state index in [0.29, 0.717) is 11.8 Å². The molecule has 1 fully saturated rings. The lowest BCUT2D eigenvalue weighted by Gasteiger charge is -2.17. The van der Waals surface area contributed by atoms with Gasteiger partial charge in [-0.2, -0.15) is 0 Å². The molecule has 3 rings (SSSR count). The number of hydrogen-bond donors (Lipinski definition) is 1. The van der Waals surface area contributed by atoms with Gasteiger partial charge >= 0.3 is 5.97 Å². The maximum atomic E-state index is 13.6. The number of carbonyl (C=O) groups excluding carboxylic acids is 3. The van der Waals surface area contributed by atoms with Crippen molar-refractivity contribution in [3.63, 3.8) is 0 Å². The van der Waals surface area contributed by atoms with Crippen LogP contribution in [0.2, 0.25) is 0 Å². The first-order valence-electron chi connectivity index (χ1n) is 8.71. The molecule has 2 atom stereocenters. The van der Waals surface area contributed by atoms with Crippen LogP contribution in [0.15, 0.2) is 34.9 Å². The number of nitrogens with one attached hydrogen (secondary N) is 1. The first kappa shape index (κ1) is 20.4. The number of hydrogen-bond acceptors (Lipinski definition) is 5. The normalized spacial score (nSPS) is 17.3. The van der Waals surface area contributed by atoms with Crippen molar-refractivity contribution in [2.24, 2.45) is 5.92 Å². The summed E-state index contributed by atoms with van der Waals surface area (Å²) in [5.41, 5.74) is -0.586. The maximum Gasteiger partial charge on any atom is 0.312 e. The number of amides is 2. The van der Waals surface area contributed by atoms with Gasteiger partial charge < -0.3 is 19.4 Å². The number of esters is 1. The third kappa shape index (κ3) is 4.58. The fourth-order valence-electron chi connectivity index (χ4n) is 2.85. The topological polar surface area (TPSA) is 88.9 Å². The van der Waals surface area contributed by atoms with Crippen molar-refractivity contribution in [2.45, 2.75) is 26.0 Å². The highest BCUT2D eigenvalue weighted by molar-refractivity contribution is 5.95. The molecule has 0 bridgehead atoms. The second kappa shape index (κ2) is 8.38. The van der Waals surface area contributed by atoms with Crippen LogP contribution in [0.3, 0.4) is 0 Å². The molecule has 2 aromatic rings. The fourth-order valence-corrected chi connectivity index (χ4v) is 2.85. The lowest BCUT2D eigenvalue weighted by atomic mass is 10.1. The quantitative estimate of drug-likeness (QED) is 0.584. The third-order valence-electron chi connectivity index (χ3n) is 4.43. The molecular weight excluding hydrogens is 393 g/mol. The van der Waals surface area contributed by atoms with Gasteiger partial charge in [0.2, 0.25) is 5.91 Å². The number of anilines is 1. The Labute approximate surface area is 163 Å². The summed E-state index contributed by atoms with van der Waals surface area (Å²) in [6.45, 7) is 1.55. The van der Waals surface area contributed by atoms with Crippen molar-refractivity contribution in [2.75, 3.05) is 11.9 Å². The number of benzene rings is 1. The standard InChI is InChI=1S/C19H17F3N2O5/c1-10(18(26)23-14-5-4-13(20)16(21)17(14)22)29-19(27)11-7-15(25)24(8-11)9-12-3-2-6-28-12/h2-6,10-11H,7-9H2,1H3,(H,23,26)/t10-,11+/m1/s1. The van der Waals surface area contributed by atoms with Crippen molar-refractivity contribution >= 4 is 23.5 Å². The number of nitrogens with zero attached hydrogens (tertiary/aromatic N) is 1. The molecule has 1 N–H and O–H groups in total. The highest BCUT2D eigenvalue weighted by Crippen LogP contribution is 2.23. The number of rotatable bonds is 6. The van der Waals surface area contributed by atoms with Crippen molar-refractivity contribution in [3.05, 3.63) is 53.7 Å². The summed E-state index contributed by atoms with van der Waals surface area (Å²) >= 11 is 0. The minimum Gasteiger partial charge on any atom is -0.467 e. The Morgan fingerprint density at radius 1 is 1.28 bits per heavy atom. The second-order valence-corrected chi connectivity index (χ2v) is 6.55. The second-order valence-electron chi connectivity index (χ2n) is 6.55. The van der Waals surface area contributed by atoms with Crippen LogP contribution in [0, 0.1) is 23.4 Å². The number of carbonyl (C=O) groups is 3. The molecule has 7 nitrogen and oxygen atoms in total. The van der Waals surface area contributed by atoms with Gasteiger partial charge in [-0.3, -0.25) is 14.4 Å². The monoisotopic (exact) mass is 410 g/mol. The number of halogens is 3. The summed E-state index contributed by atoms with van der Waals surface area (Å²) in [5, 5.41) is 2.03. The Balaban J connectivity index is 1.55. The van der Waals surface area contributed by atoms with Crippen LogP contribution in [0.25, 0.3) is 0 Å². The molecule has 0 radical (unpaired) electrons. The van der Waals surface area contributed by atoms with E-state index < -0.39 is 47.0 Å². The molecule has 0 aliphatic carbocycles. The molecule has 154 valence electrons. The van der Waals surface area contributed by atoms with E-state index in [1.807, 2.05) is 5.32 Å². The molecule has 0 spiro atoms. The van der Waals surface area contributed by atoms with E-state index in [4.69, 9.17) is 9.15 Å². The number of furan rings is 1. The highest BCUT2D eigenvalue weighted by Gasteiger charge is 2.37. The smallest absolute Gasteiger partial charge is 0.312 e. The van der Waals surface area contributed by atoms with E-state index in [0.717, 1.165) is 6.07 Å². The van der Waals surface area contributed by atoms with Gasteiger partial charge in [0.25, 0.3) is 5.91 Å². The summed E-state index contributed by atoms with van der Waals surface area (Å²) in [5.74, 6) is -6.86. The zero-order valence-corrected chi connectivity index (χ0v) is 15.3. The van der Waals surface area contributed by atoms with Crippen LogP contribution in [-0.2, 0) is 25.7 Å². The Morgan fingerprint density at radius 3 is 2.72 bits per heavy atom. The molecule has 2 heterocycles. The molecule has 1 aliphatic rings. The van der Waals surface area contributed by atoms with Crippen LogP contribution in [0.1, 0.15) is 19.1 Å². The minimum absolute atomic E-state index is 0.0777. The van der Waals surface area contributed by atoms with Crippen molar-refractivity contribution in [3.8, 4) is 0 Å². The predicted octanol–water partition coefficient (Wildman–Crippen LogP) is 2.62. The Kier molecular flexibility index (Phi) is 5.90. The molecule has 1 aromatic heterocycles. The van der Waals surface area contributed by atoms with Crippen molar-refractivity contribution < 1.29 is 36.7 Å². The average molecular weight is 410 g/mol. The SMILES string of the molecule is C[C@@H](OC(=O)[C@H]1CC(=O)N(Cc2ccco2)C1)C(=O)Nc1ccc(F)c(F)c1F. The van der Waals surface area contributed by atoms with Crippen LogP contribution in [0.5, 0.6) is 0 Å². The van der Waals surface area contributed by atoms with Gasteiger partial charge in [-0.25, -0.2) is 13.2 Å². The predicted molar refractivity (Wildman–Crippen MR) is 92.7 cm³/mol. The van der Waals surface area contributed by atoms with Gasteiger partial charge in [0.15, 0.2) is 23.6 Å². The zero-order chi connectivity index (χ0) is 21.1. The summed E-state index contributed by atoms with van der Waals surface area (Å²) in [7, 11) is 0. The van der Waals surface area contributed by atoms with Gasteiger partial charge in [-0.15, -0.1) is 0 Å². The number of ether oxygens (including phenoxy) is 1. The molecule has 29 heavy (non-hydrogen) atoms. The van der Waals surface area contributed by atoms with Gasteiger partial charge in [0.1, 0.15) is 5.76 Å². The Morgan fingerprint density at radius 2 is 2.03 bits per heavy atom. The zero-order valence-electron chi connectivity index (χ0n) is 15.3. The lowest BCUT2D eigenvalue weighted by molar-refractivity contribution is -0.157. The van der Waals surface area contributed by atoms with Gasteiger partial charge in [0, 0.05) is 13.0 Å². The van der Waals surface area contributed by atoms with Gasteiger partial charge in [-0.1, -0.05) is 0 Å². The van der Waals surface area contributed by atoms with Gasteiger partial charge in [-0.05, 0) is 31.2 Å². The largest absolute Gasteiger partial charge is 0.467 e. The van der Waals surface area contributed by atoms with Crippen LogP contribution < -0.4 is 5.32 Å². The van der Waals surface area contributed by atoms with Crippen LogP contribution in [0.4, 0.5) is 18.9 Å². The van der Waals surface area contributed by atoms with Crippen LogP contribution in [-0.4, -0.2) is 35.3 Å². The third-order valence-corrected chi connectivity index (χ3v) is 4.43. The van der Waals surface area contributed by atoms with E-state index in [2.05, 4.69) is 0 Å². The summed E-state index contributed by atoms with van der Waals surface area (Å²) in [6.07, 6.45) is 0.0490. The maximum absolute atomic E-state index is 13.6. The molecule has 1 aliphatic heterocycles. The first-order chi connectivity index (χ1) is 13.8. The Hall–Kier alpha value is -3.30. The van der Waals surface area contributed by atoms with E-state index >= 15 is 0 Å². The molecule has 10 heteroatoms. The molecule has 0 unspecified atom stereocenters. The molecule has 0 saturated carbocycles. The number of likely N-dealkylation sites (tertiary alicyclic amines) is 1. The van der Waals surface area contributed by atoms with E-state index in [1.165, 1.54) is 18.1 Å². The molecule has 2 amide bonds. The van der Waals surface area contributed by atoms with Crippen LogP contribution >= 0.6 is 0 Å².